The third-order valence-corrected chi connectivity index (χ3v) is 1.67. The Kier molecular flexibility index (Phi) is 3.28. The smallest absolute Gasteiger partial charge is 0.261 e. The molecule has 0 aromatic carbocycles. The number of nitrogens with zero attached hydrogens (tertiary/aromatic N) is 1. The van der Waals surface area contributed by atoms with E-state index in [-0.39, 0.29) is 11.6 Å². The third-order valence-electron chi connectivity index (χ3n) is 1.67. The molecular formula is C9H11NO4. The van der Waals surface area contributed by atoms with Gasteiger partial charge in [0, 0.05) is 6.07 Å². The van der Waals surface area contributed by atoms with Gasteiger partial charge < -0.3 is 14.2 Å². The van der Waals surface area contributed by atoms with Crippen molar-refractivity contribution in [1.29, 1.82) is 0 Å². The lowest BCUT2D eigenvalue weighted by atomic mass is 10.3. The number of aromatic nitrogens is 1. The van der Waals surface area contributed by atoms with E-state index in [1.807, 2.05) is 0 Å². The first-order chi connectivity index (χ1) is 6.76. The van der Waals surface area contributed by atoms with Gasteiger partial charge in [0.2, 0.25) is 5.75 Å². The van der Waals surface area contributed by atoms with Crippen LogP contribution in [0.25, 0.3) is 0 Å². The lowest BCUT2D eigenvalue weighted by molar-refractivity contribution is 0.111. The predicted octanol–water partition coefficient (Wildman–Crippen LogP) is 0.920. The van der Waals surface area contributed by atoms with Gasteiger partial charge in [0.05, 0.1) is 21.3 Å². The molecule has 0 aliphatic rings. The Morgan fingerprint density at radius 3 is 2.36 bits per heavy atom. The van der Waals surface area contributed by atoms with Gasteiger partial charge >= 0.3 is 0 Å². The molecule has 0 saturated heterocycles. The monoisotopic (exact) mass is 197 g/mol. The maximum Gasteiger partial charge on any atom is 0.261 e. The highest BCUT2D eigenvalue weighted by molar-refractivity contribution is 5.74. The molecule has 0 spiro atoms. The van der Waals surface area contributed by atoms with Crippen molar-refractivity contribution in [1.82, 2.24) is 4.98 Å². The van der Waals surface area contributed by atoms with E-state index < -0.39 is 0 Å². The molecule has 0 saturated carbocycles. The molecule has 0 aliphatic carbocycles. The quantitative estimate of drug-likeness (QED) is 0.672. The molecule has 0 aliphatic heterocycles. The fourth-order valence-electron chi connectivity index (χ4n) is 1.04. The maximum atomic E-state index is 10.5. The van der Waals surface area contributed by atoms with Crippen molar-refractivity contribution in [2.45, 2.75) is 0 Å². The molecule has 0 fully saturated rings. The molecule has 0 radical (unpaired) electrons. The Morgan fingerprint density at radius 2 is 1.93 bits per heavy atom. The zero-order chi connectivity index (χ0) is 10.6. The molecule has 0 amide bonds. The van der Waals surface area contributed by atoms with Gasteiger partial charge in [-0.3, -0.25) is 4.79 Å². The molecule has 76 valence electrons. The van der Waals surface area contributed by atoms with Gasteiger partial charge in [-0.25, -0.2) is 4.98 Å². The zero-order valence-electron chi connectivity index (χ0n) is 8.23. The predicted molar refractivity (Wildman–Crippen MR) is 49.3 cm³/mol. The van der Waals surface area contributed by atoms with E-state index in [2.05, 4.69) is 4.98 Å². The molecule has 14 heavy (non-hydrogen) atoms. The Balaban J connectivity index is 3.31. The summed E-state index contributed by atoms with van der Waals surface area (Å²) in [5.74, 6) is 1.02. The molecule has 5 heteroatoms. The van der Waals surface area contributed by atoms with Crippen molar-refractivity contribution in [3.8, 4) is 17.4 Å². The number of ether oxygens (including phenoxy) is 3. The molecule has 1 heterocycles. The Labute approximate surface area is 81.6 Å². The second-order valence-electron chi connectivity index (χ2n) is 2.41. The van der Waals surface area contributed by atoms with Crippen LogP contribution in [0.2, 0.25) is 0 Å². The van der Waals surface area contributed by atoms with Crippen molar-refractivity contribution >= 4 is 6.29 Å². The maximum absolute atomic E-state index is 10.5. The van der Waals surface area contributed by atoms with Gasteiger partial charge in [-0.1, -0.05) is 0 Å². The average molecular weight is 197 g/mol. The molecule has 5 nitrogen and oxygen atoms in total. The third kappa shape index (κ3) is 1.76. The molecular weight excluding hydrogens is 186 g/mol. The van der Waals surface area contributed by atoms with E-state index in [1.165, 1.54) is 27.4 Å². The van der Waals surface area contributed by atoms with Gasteiger partial charge in [-0.2, -0.15) is 0 Å². The summed E-state index contributed by atoms with van der Waals surface area (Å²) in [6, 6.07) is 1.48. The van der Waals surface area contributed by atoms with Crippen LogP contribution in [0.3, 0.4) is 0 Å². The summed E-state index contributed by atoms with van der Waals surface area (Å²) >= 11 is 0. The Bertz CT molecular complexity index is 313. The number of carbonyl (C=O) groups excluding carboxylic acids is 1. The Hall–Kier alpha value is -1.78. The van der Waals surface area contributed by atoms with Crippen LogP contribution in [0, 0.1) is 0 Å². The summed E-state index contributed by atoms with van der Waals surface area (Å²) in [7, 11) is 4.40. The zero-order valence-corrected chi connectivity index (χ0v) is 8.23. The van der Waals surface area contributed by atoms with Crippen molar-refractivity contribution in [3.05, 3.63) is 11.8 Å². The number of pyridine rings is 1. The Morgan fingerprint density at radius 1 is 1.21 bits per heavy atom. The van der Waals surface area contributed by atoms with Crippen molar-refractivity contribution in [2.24, 2.45) is 0 Å². The normalized spacial score (nSPS) is 9.36. The summed E-state index contributed by atoms with van der Waals surface area (Å²) in [6.45, 7) is 0. The topological polar surface area (TPSA) is 57.7 Å². The van der Waals surface area contributed by atoms with Crippen LogP contribution >= 0.6 is 0 Å². The first-order valence-electron chi connectivity index (χ1n) is 3.89. The molecule has 0 unspecified atom stereocenters. The average Bonchev–Trinajstić information content (AvgIpc) is 2.26. The molecule has 1 aromatic heterocycles. The standard InChI is InChI=1S/C9H11NO4/c1-12-7-4-6(5-11)10-9(14-3)8(7)13-2/h4-5H,1-3H3. The number of hydrogen-bond donors (Lipinski definition) is 0. The number of hydrogen-bond acceptors (Lipinski definition) is 5. The van der Waals surface area contributed by atoms with Gasteiger partial charge in [0.15, 0.2) is 12.0 Å². The molecule has 0 bridgehead atoms. The van der Waals surface area contributed by atoms with Crippen LogP contribution in [-0.2, 0) is 0 Å². The minimum atomic E-state index is 0.231. The summed E-state index contributed by atoms with van der Waals surface area (Å²) < 4.78 is 15.0. The fourth-order valence-corrected chi connectivity index (χ4v) is 1.04. The number of rotatable bonds is 4. The SMILES string of the molecule is COc1cc(C=O)nc(OC)c1OC. The summed E-state index contributed by atoms with van der Waals surface area (Å²) in [4.78, 5) is 14.4. The van der Waals surface area contributed by atoms with E-state index in [4.69, 9.17) is 14.2 Å². The highest BCUT2D eigenvalue weighted by atomic mass is 16.5. The van der Waals surface area contributed by atoms with Crippen molar-refractivity contribution in [3.63, 3.8) is 0 Å². The number of carbonyl (C=O) groups is 1. The first kappa shape index (κ1) is 10.3. The minimum absolute atomic E-state index is 0.231. The van der Waals surface area contributed by atoms with Crippen molar-refractivity contribution < 1.29 is 19.0 Å². The van der Waals surface area contributed by atoms with Crippen molar-refractivity contribution in [2.75, 3.05) is 21.3 Å². The van der Waals surface area contributed by atoms with Crippen LogP contribution in [0.15, 0.2) is 6.07 Å². The lowest BCUT2D eigenvalue weighted by Gasteiger charge is -2.10. The van der Waals surface area contributed by atoms with Crippen LogP contribution < -0.4 is 14.2 Å². The number of aldehydes is 1. The van der Waals surface area contributed by atoms with Crippen LogP contribution in [0.4, 0.5) is 0 Å². The molecule has 1 rings (SSSR count). The van der Waals surface area contributed by atoms with Crippen LogP contribution in [0.5, 0.6) is 17.4 Å². The second kappa shape index (κ2) is 4.45. The van der Waals surface area contributed by atoms with Gasteiger partial charge in [-0.05, 0) is 0 Å². The highest BCUT2D eigenvalue weighted by Gasteiger charge is 2.14. The summed E-state index contributed by atoms with van der Waals surface area (Å²) in [6.07, 6.45) is 0.616. The van der Waals surface area contributed by atoms with E-state index in [9.17, 15) is 4.79 Å². The van der Waals surface area contributed by atoms with Crippen LogP contribution in [0.1, 0.15) is 10.5 Å². The second-order valence-corrected chi connectivity index (χ2v) is 2.41. The van der Waals surface area contributed by atoms with Gasteiger partial charge in [0.1, 0.15) is 5.69 Å². The molecule has 0 N–H and O–H groups in total. The van der Waals surface area contributed by atoms with E-state index in [0.717, 1.165) is 0 Å². The minimum Gasteiger partial charge on any atom is -0.493 e. The lowest BCUT2D eigenvalue weighted by Crippen LogP contribution is -1.99. The fraction of sp³-hybridized carbons (Fsp3) is 0.333. The summed E-state index contributed by atoms with van der Waals surface area (Å²) in [5, 5.41) is 0. The van der Waals surface area contributed by atoms with Crippen LogP contribution in [-0.4, -0.2) is 32.6 Å². The van der Waals surface area contributed by atoms with Gasteiger partial charge in [-0.15, -0.1) is 0 Å². The van der Waals surface area contributed by atoms with E-state index in [0.29, 0.717) is 17.8 Å². The summed E-state index contributed by atoms with van der Waals surface area (Å²) in [5.41, 5.74) is 0.236. The van der Waals surface area contributed by atoms with E-state index in [1.54, 1.807) is 0 Å². The van der Waals surface area contributed by atoms with E-state index >= 15 is 0 Å². The molecule has 1 aromatic rings. The van der Waals surface area contributed by atoms with Gasteiger partial charge in [0.25, 0.3) is 5.88 Å². The largest absolute Gasteiger partial charge is 0.493 e. The number of methoxy groups -OCH3 is 3. The highest BCUT2D eigenvalue weighted by Crippen LogP contribution is 2.35. The first-order valence-corrected chi connectivity index (χ1v) is 3.89. The molecule has 0 atom stereocenters.